The molecule has 2 heterocycles. The first kappa shape index (κ1) is 14.0. The summed E-state index contributed by atoms with van der Waals surface area (Å²) in [6.07, 6.45) is 0.574. The highest BCUT2D eigenvalue weighted by atomic mass is 16.6. The molecule has 1 aliphatic heterocycles. The molecule has 1 aliphatic rings. The third-order valence-corrected chi connectivity index (χ3v) is 3.65. The Morgan fingerprint density at radius 2 is 2.14 bits per heavy atom. The van der Waals surface area contributed by atoms with E-state index in [-0.39, 0.29) is 6.09 Å². The lowest BCUT2D eigenvalue weighted by atomic mass is 9.94. The first-order valence-corrected chi connectivity index (χ1v) is 7.20. The molecule has 0 saturated heterocycles. The molecule has 108 valence electrons. The number of rotatable bonds is 0. The second kappa shape index (κ2) is 4.83. The Kier molecular flexibility index (Phi) is 3.23. The van der Waals surface area contributed by atoms with Gasteiger partial charge in [0, 0.05) is 23.1 Å². The van der Waals surface area contributed by atoms with Gasteiger partial charge in [-0.05, 0) is 38.8 Å². The quantitative estimate of drug-likeness (QED) is 0.753. The molecule has 0 aliphatic carbocycles. The van der Waals surface area contributed by atoms with Crippen LogP contribution in [0.2, 0.25) is 0 Å². The Morgan fingerprint density at radius 3 is 2.86 bits per heavy atom. The van der Waals surface area contributed by atoms with Crippen LogP contribution in [-0.4, -0.2) is 36.0 Å². The minimum absolute atomic E-state index is 0.258. The Balaban J connectivity index is 1.86. The Labute approximate surface area is 125 Å². The zero-order chi connectivity index (χ0) is 15.2. The first-order chi connectivity index (χ1) is 9.83. The lowest BCUT2D eigenvalue weighted by Crippen LogP contribution is -2.39. The fraction of sp³-hybridized carbons (Fsp3) is 0.438. The van der Waals surface area contributed by atoms with Crippen molar-refractivity contribution in [3.8, 4) is 0 Å². The van der Waals surface area contributed by atoms with Crippen molar-refractivity contribution < 1.29 is 9.53 Å². The molecule has 2 radical (unpaired) electrons. The van der Waals surface area contributed by atoms with E-state index in [0.717, 1.165) is 23.1 Å². The summed E-state index contributed by atoms with van der Waals surface area (Å²) < 4.78 is 5.44. The number of nitrogens with one attached hydrogen (secondary N) is 1. The van der Waals surface area contributed by atoms with E-state index in [2.05, 4.69) is 4.98 Å². The van der Waals surface area contributed by atoms with Gasteiger partial charge in [-0.15, -0.1) is 0 Å². The maximum absolute atomic E-state index is 12.2. The van der Waals surface area contributed by atoms with Gasteiger partial charge in [-0.1, -0.05) is 17.6 Å². The van der Waals surface area contributed by atoms with E-state index in [1.54, 1.807) is 4.90 Å². The number of benzene rings is 1. The van der Waals surface area contributed by atoms with Gasteiger partial charge in [0.25, 0.3) is 0 Å². The zero-order valence-electron chi connectivity index (χ0n) is 12.7. The number of aromatic nitrogens is 1. The third-order valence-electron chi connectivity index (χ3n) is 3.65. The monoisotopic (exact) mass is 282 g/mol. The number of carbonyl (C=O) groups excluding carboxylic acids is 1. The van der Waals surface area contributed by atoms with Crippen molar-refractivity contribution in [2.75, 3.05) is 6.54 Å². The lowest BCUT2D eigenvalue weighted by Gasteiger charge is -2.30. The maximum atomic E-state index is 12.2. The number of hydrogen-bond acceptors (Lipinski definition) is 2. The van der Waals surface area contributed by atoms with E-state index in [1.807, 2.05) is 39.0 Å². The summed E-state index contributed by atoms with van der Waals surface area (Å²) >= 11 is 0. The van der Waals surface area contributed by atoms with Crippen molar-refractivity contribution in [2.24, 2.45) is 0 Å². The lowest BCUT2D eigenvalue weighted by molar-refractivity contribution is 0.0222. The van der Waals surface area contributed by atoms with Gasteiger partial charge in [0.1, 0.15) is 13.4 Å². The van der Waals surface area contributed by atoms with Crippen LogP contribution in [0.4, 0.5) is 4.79 Å². The van der Waals surface area contributed by atoms with Crippen LogP contribution < -0.4 is 5.46 Å². The van der Waals surface area contributed by atoms with E-state index < -0.39 is 5.60 Å². The highest BCUT2D eigenvalue weighted by molar-refractivity contribution is 6.33. The predicted molar refractivity (Wildman–Crippen MR) is 84.0 cm³/mol. The summed E-state index contributed by atoms with van der Waals surface area (Å²) in [6.45, 7) is 6.88. The number of aromatic amines is 1. The van der Waals surface area contributed by atoms with Gasteiger partial charge >= 0.3 is 6.09 Å². The van der Waals surface area contributed by atoms with Gasteiger partial charge in [-0.2, -0.15) is 0 Å². The Hall–Kier alpha value is -1.91. The van der Waals surface area contributed by atoms with Crippen molar-refractivity contribution in [3.63, 3.8) is 0 Å². The number of ether oxygens (including phenoxy) is 1. The van der Waals surface area contributed by atoms with Gasteiger partial charge in [0.2, 0.25) is 0 Å². The largest absolute Gasteiger partial charge is 0.444 e. The highest BCUT2D eigenvalue weighted by Gasteiger charge is 2.27. The molecular formula is C16H19BN2O2. The van der Waals surface area contributed by atoms with Crippen LogP contribution in [0.3, 0.4) is 0 Å². The van der Waals surface area contributed by atoms with Crippen LogP contribution in [0, 0.1) is 0 Å². The van der Waals surface area contributed by atoms with E-state index in [0.29, 0.717) is 13.1 Å². The number of H-pyrrole nitrogens is 1. The molecule has 0 atom stereocenters. The smallest absolute Gasteiger partial charge is 0.410 e. The minimum atomic E-state index is -0.466. The fourth-order valence-electron chi connectivity index (χ4n) is 2.75. The van der Waals surface area contributed by atoms with Gasteiger partial charge in [-0.25, -0.2) is 4.79 Å². The Bertz CT molecular complexity index is 700. The molecule has 5 heteroatoms. The normalized spacial score (nSPS) is 15.1. The van der Waals surface area contributed by atoms with E-state index in [9.17, 15) is 4.79 Å². The van der Waals surface area contributed by atoms with Crippen molar-refractivity contribution in [1.29, 1.82) is 0 Å². The molecule has 4 nitrogen and oxygen atoms in total. The summed E-state index contributed by atoms with van der Waals surface area (Å²) in [5, 5.41) is 1.20. The molecule has 0 fully saturated rings. The van der Waals surface area contributed by atoms with Crippen LogP contribution in [0.1, 0.15) is 32.0 Å². The zero-order valence-corrected chi connectivity index (χ0v) is 12.7. The molecule has 0 spiro atoms. The molecule has 21 heavy (non-hydrogen) atoms. The maximum Gasteiger partial charge on any atom is 0.410 e. The summed E-state index contributed by atoms with van der Waals surface area (Å²) in [5.74, 6) is 0. The van der Waals surface area contributed by atoms with Gasteiger partial charge < -0.3 is 14.6 Å². The average molecular weight is 282 g/mol. The second-order valence-corrected chi connectivity index (χ2v) is 6.54. The van der Waals surface area contributed by atoms with Crippen molar-refractivity contribution in [3.05, 3.63) is 29.5 Å². The van der Waals surface area contributed by atoms with Crippen LogP contribution in [0.5, 0.6) is 0 Å². The molecule has 1 amide bonds. The summed E-state index contributed by atoms with van der Waals surface area (Å²) in [4.78, 5) is 17.3. The van der Waals surface area contributed by atoms with Crippen molar-refractivity contribution in [1.82, 2.24) is 9.88 Å². The van der Waals surface area contributed by atoms with Gasteiger partial charge in [-0.3, -0.25) is 0 Å². The second-order valence-electron chi connectivity index (χ2n) is 6.54. The van der Waals surface area contributed by atoms with E-state index in [1.165, 1.54) is 10.9 Å². The van der Waals surface area contributed by atoms with Gasteiger partial charge in [0.15, 0.2) is 0 Å². The first-order valence-electron chi connectivity index (χ1n) is 7.20. The van der Waals surface area contributed by atoms with Crippen LogP contribution in [0.15, 0.2) is 18.2 Å². The number of amides is 1. The number of fused-ring (bicyclic) bond motifs is 3. The molecule has 1 aromatic heterocycles. The molecular weight excluding hydrogens is 263 g/mol. The molecule has 3 rings (SSSR count). The van der Waals surface area contributed by atoms with Crippen molar-refractivity contribution >= 4 is 30.3 Å². The molecule has 1 aromatic carbocycles. The predicted octanol–water partition coefficient (Wildman–Crippen LogP) is 2.25. The summed E-state index contributed by atoms with van der Waals surface area (Å²) in [5.41, 5.74) is 3.67. The summed E-state index contributed by atoms with van der Waals surface area (Å²) in [7, 11) is 5.82. The molecule has 2 aromatic rings. The highest BCUT2D eigenvalue weighted by Crippen LogP contribution is 2.27. The summed E-state index contributed by atoms with van der Waals surface area (Å²) in [6, 6.07) is 5.89. The van der Waals surface area contributed by atoms with Gasteiger partial charge in [0.05, 0.1) is 6.54 Å². The molecule has 0 saturated carbocycles. The van der Waals surface area contributed by atoms with E-state index in [4.69, 9.17) is 12.6 Å². The molecule has 0 unspecified atom stereocenters. The van der Waals surface area contributed by atoms with Crippen LogP contribution >= 0.6 is 0 Å². The standard InChI is InChI=1S/C16H19BN2O2/c1-16(2,3)21-15(20)19-7-6-12-11-5-4-10(17)8-13(11)18-14(12)9-19/h4-5,8,18H,6-7,9H2,1-3H3. The fourth-order valence-corrected chi connectivity index (χ4v) is 2.75. The number of hydrogen-bond donors (Lipinski definition) is 1. The van der Waals surface area contributed by atoms with Crippen LogP contribution in [0.25, 0.3) is 10.9 Å². The van der Waals surface area contributed by atoms with E-state index >= 15 is 0 Å². The number of nitrogens with zero attached hydrogens (tertiary/aromatic N) is 1. The Morgan fingerprint density at radius 1 is 1.38 bits per heavy atom. The number of carbonyl (C=O) groups is 1. The molecule has 1 N–H and O–H groups in total. The SMILES string of the molecule is [B]c1ccc2c3c([nH]c2c1)CN(C(=O)OC(C)(C)C)CC3. The third kappa shape index (κ3) is 2.78. The average Bonchev–Trinajstić information content (AvgIpc) is 2.72. The molecule has 0 bridgehead atoms. The van der Waals surface area contributed by atoms with Crippen molar-refractivity contribution in [2.45, 2.75) is 39.3 Å². The topological polar surface area (TPSA) is 45.3 Å². The minimum Gasteiger partial charge on any atom is -0.444 e. The van der Waals surface area contributed by atoms with Crippen LogP contribution in [-0.2, 0) is 17.7 Å².